The smallest absolute Gasteiger partial charge is 0.182 e. The van der Waals surface area contributed by atoms with Crippen LogP contribution in [0.2, 0.25) is 0 Å². The van der Waals surface area contributed by atoms with Crippen LogP contribution in [0.3, 0.4) is 0 Å². The molecule has 3 rings (SSSR count). The summed E-state index contributed by atoms with van der Waals surface area (Å²) < 4.78 is 31.7. The highest BCUT2D eigenvalue weighted by Gasteiger charge is 2.70. The van der Waals surface area contributed by atoms with Crippen LogP contribution in [0.15, 0.2) is 59.5 Å². The molecule has 0 amide bonds. The number of nitrogens with two attached hydrogens (primary N) is 1. The summed E-state index contributed by atoms with van der Waals surface area (Å²) in [6.07, 6.45) is 0. The van der Waals surface area contributed by atoms with Gasteiger partial charge in [-0.2, -0.15) is 0 Å². The lowest BCUT2D eigenvalue weighted by molar-refractivity contribution is 0.142. The number of aryl methyl sites for hydroxylation is 1. The first-order chi connectivity index (χ1) is 11.5. The topological polar surface area (TPSA) is 69.4 Å². The van der Waals surface area contributed by atoms with E-state index in [2.05, 4.69) is 0 Å². The van der Waals surface area contributed by atoms with Crippen LogP contribution in [0.1, 0.15) is 17.0 Å². The maximum absolute atomic E-state index is 13.2. The Labute approximate surface area is 143 Å². The van der Waals surface area contributed by atoms with Crippen molar-refractivity contribution in [3.8, 4) is 0 Å². The molecule has 0 radical (unpaired) electrons. The molecule has 0 saturated heterocycles. The van der Waals surface area contributed by atoms with Crippen molar-refractivity contribution in [2.24, 2.45) is 11.1 Å². The van der Waals surface area contributed by atoms with E-state index in [4.69, 9.17) is 10.5 Å². The second kappa shape index (κ2) is 6.31. The Hall–Kier alpha value is -1.69. The van der Waals surface area contributed by atoms with Crippen molar-refractivity contribution in [3.63, 3.8) is 0 Å². The molecular weight excluding hydrogens is 322 g/mol. The summed E-state index contributed by atoms with van der Waals surface area (Å²) in [7, 11) is -1.88. The molecule has 4 nitrogen and oxygen atoms in total. The first-order valence-corrected chi connectivity index (χ1v) is 9.56. The minimum Gasteiger partial charge on any atom is -0.384 e. The van der Waals surface area contributed by atoms with Gasteiger partial charge in [-0.25, -0.2) is 8.42 Å². The molecule has 3 atom stereocenters. The van der Waals surface area contributed by atoms with Gasteiger partial charge in [-0.1, -0.05) is 48.0 Å². The van der Waals surface area contributed by atoms with Crippen molar-refractivity contribution in [1.82, 2.24) is 0 Å². The number of rotatable bonds is 6. The van der Waals surface area contributed by atoms with Crippen molar-refractivity contribution < 1.29 is 13.2 Å². The van der Waals surface area contributed by atoms with E-state index >= 15 is 0 Å². The summed E-state index contributed by atoms with van der Waals surface area (Å²) in [6.45, 7) is 2.62. The Balaban J connectivity index is 2.05. The SMILES string of the molecule is COC[C@@]1(CN)[C@H](c2ccc(C)cc2)[C@@H]1S(=O)(=O)c1ccccc1. The van der Waals surface area contributed by atoms with Gasteiger partial charge in [0.15, 0.2) is 9.84 Å². The van der Waals surface area contributed by atoms with Gasteiger partial charge >= 0.3 is 0 Å². The highest BCUT2D eigenvalue weighted by atomic mass is 32.2. The van der Waals surface area contributed by atoms with Gasteiger partial charge in [0.05, 0.1) is 16.8 Å². The van der Waals surface area contributed by atoms with Crippen LogP contribution in [0.5, 0.6) is 0 Å². The van der Waals surface area contributed by atoms with E-state index < -0.39 is 20.5 Å². The molecule has 2 aromatic rings. The largest absolute Gasteiger partial charge is 0.384 e. The number of hydrogen-bond donors (Lipinski definition) is 1. The number of methoxy groups -OCH3 is 1. The molecule has 2 N–H and O–H groups in total. The zero-order chi connectivity index (χ0) is 17.4. The lowest BCUT2D eigenvalue weighted by atomic mass is 9.99. The van der Waals surface area contributed by atoms with E-state index in [1.807, 2.05) is 37.3 Å². The minimum atomic E-state index is -3.48. The van der Waals surface area contributed by atoms with Crippen molar-refractivity contribution in [2.75, 3.05) is 20.3 Å². The summed E-state index contributed by atoms with van der Waals surface area (Å²) in [6, 6.07) is 16.6. The first kappa shape index (κ1) is 17.1. The molecule has 0 unspecified atom stereocenters. The van der Waals surface area contributed by atoms with E-state index in [-0.39, 0.29) is 12.5 Å². The summed E-state index contributed by atoms with van der Waals surface area (Å²) in [5, 5.41) is -0.556. The van der Waals surface area contributed by atoms with Crippen LogP contribution in [-0.2, 0) is 14.6 Å². The molecule has 24 heavy (non-hydrogen) atoms. The highest BCUT2D eigenvalue weighted by Crippen LogP contribution is 2.63. The van der Waals surface area contributed by atoms with Gasteiger partial charge in [0.2, 0.25) is 0 Å². The standard InChI is InChI=1S/C19H23NO3S/c1-14-8-10-15(11-9-14)17-18(19(17,12-20)13-23-2)24(21,22)16-6-4-3-5-7-16/h3-11,17-18H,12-13,20H2,1-2H3/t17-,18+,19+/m1/s1. The predicted octanol–water partition coefficient (Wildman–Crippen LogP) is 2.53. The van der Waals surface area contributed by atoms with Crippen LogP contribution in [-0.4, -0.2) is 33.9 Å². The summed E-state index contributed by atoms with van der Waals surface area (Å²) in [5.41, 5.74) is 7.61. The molecule has 0 aromatic heterocycles. The fourth-order valence-corrected chi connectivity index (χ4v) is 6.19. The van der Waals surface area contributed by atoms with Crippen LogP contribution in [0.25, 0.3) is 0 Å². The van der Waals surface area contributed by atoms with E-state index in [9.17, 15) is 8.42 Å². The van der Waals surface area contributed by atoms with E-state index in [0.717, 1.165) is 11.1 Å². The monoisotopic (exact) mass is 345 g/mol. The van der Waals surface area contributed by atoms with Gasteiger partial charge in [-0.15, -0.1) is 0 Å². The molecule has 1 aliphatic rings. The quantitative estimate of drug-likeness (QED) is 0.873. The average Bonchev–Trinajstić information content (AvgIpc) is 3.26. The molecular formula is C19H23NO3S. The normalized spacial score (nSPS) is 26.3. The summed E-state index contributed by atoms with van der Waals surface area (Å²) >= 11 is 0. The summed E-state index contributed by atoms with van der Waals surface area (Å²) in [4.78, 5) is 0.346. The lowest BCUT2D eigenvalue weighted by Crippen LogP contribution is -2.28. The fourth-order valence-electron chi connectivity index (χ4n) is 3.72. The maximum Gasteiger partial charge on any atom is 0.182 e. The van der Waals surface area contributed by atoms with Crippen molar-refractivity contribution in [2.45, 2.75) is 23.0 Å². The summed E-state index contributed by atoms with van der Waals surface area (Å²) in [5.74, 6) is -0.145. The van der Waals surface area contributed by atoms with Gasteiger partial charge in [0.1, 0.15) is 0 Å². The molecule has 1 aliphatic carbocycles. The molecule has 0 aliphatic heterocycles. The number of hydrogen-bond acceptors (Lipinski definition) is 4. The molecule has 5 heteroatoms. The number of ether oxygens (including phenoxy) is 1. The molecule has 0 bridgehead atoms. The zero-order valence-corrected chi connectivity index (χ0v) is 14.8. The third kappa shape index (κ3) is 2.66. The molecule has 128 valence electrons. The van der Waals surface area contributed by atoms with Crippen molar-refractivity contribution in [1.29, 1.82) is 0 Å². The van der Waals surface area contributed by atoms with Gasteiger partial charge in [-0.3, -0.25) is 0 Å². The van der Waals surface area contributed by atoms with Crippen LogP contribution in [0, 0.1) is 12.3 Å². The molecule has 2 aromatic carbocycles. The Morgan fingerprint density at radius 3 is 2.25 bits per heavy atom. The Morgan fingerprint density at radius 2 is 1.71 bits per heavy atom. The number of benzene rings is 2. The van der Waals surface area contributed by atoms with Gasteiger partial charge in [0.25, 0.3) is 0 Å². The minimum absolute atomic E-state index is 0.145. The fraction of sp³-hybridized carbons (Fsp3) is 0.368. The zero-order valence-electron chi connectivity index (χ0n) is 14.0. The molecule has 0 spiro atoms. The van der Waals surface area contributed by atoms with E-state index in [1.165, 1.54) is 0 Å². The molecule has 0 heterocycles. The van der Waals surface area contributed by atoms with Crippen molar-refractivity contribution >= 4 is 9.84 Å². The Bertz CT molecular complexity index is 802. The number of sulfone groups is 1. The van der Waals surface area contributed by atoms with E-state index in [0.29, 0.717) is 11.5 Å². The van der Waals surface area contributed by atoms with Gasteiger partial charge in [-0.05, 0) is 24.6 Å². The third-order valence-electron chi connectivity index (χ3n) is 5.02. The highest BCUT2D eigenvalue weighted by molar-refractivity contribution is 7.92. The van der Waals surface area contributed by atoms with Gasteiger partial charge < -0.3 is 10.5 Å². The van der Waals surface area contributed by atoms with Crippen LogP contribution >= 0.6 is 0 Å². The third-order valence-corrected chi connectivity index (χ3v) is 7.35. The second-order valence-electron chi connectivity index (χ2n) is 6.54. The Kier molecular flexibility index (Phi) is 4.51. The second-order valence-corrected chi connectivity index (χ2v) is 8.61. The maximum atomic E-state index is 13.2. The average molecular weight is 345 g/mol. The van der Waals surface area contributed by atoms with Crippen molar-refractivity contribution in [3.05, 3.63) is 65.7 Å². The molecule has 1 fully saturated rings. The van der Waals surface area contributed by atoms with E-state index in [1.54, 1.807) is 31.4 Å². The predicted molar refractivity (Wildman–Crippen MR) is 94.7 cm³/mol. The van der Waals surface area contributed by atoms with Gasteiger partial charge in [0, 0.05) is 25.0 Å². The Morgan fingerprint density at radius 1 is 1.08 bits per heavy atom. The molecule has 1 saturated carbocycles. The lowest BCUT2D eigenvalue weighted by Gasteiger charge is -2.15. The van der Waals surface area contributed by atoms with Crippen LogP contribution < -0.4 is 5.73 Å². The van der Waals surface area contributed by atoms with Crippen LogP contribution in [0.4, 0.5) is 0 Å². The first-order valence-electron chi connectivity index (χ1n) is 8.02.